The summed E-state index contributed by atoms with van der Waals surface area (Å²) in [6, 6.07) is 8.93. The van der Waals surface area contributed by atoms with Crippen LogP contribution in [-0.2, 0) is 11.2 Å². The summed E-state index contributed by atoms with van der Waals surface area (Å²) in [6.07, 6.45) is 6.06. The van der Waals surface area contributed by atoms with Crippen molar-refractivity contribution in [1.82, 2.24) is 15.1 Å². The van der Waals surface area contributed by atoms with E-state index in [1.807, 2.05) is 16.8 Å². The first-order valence-corrected chi connectivity index (χ1v) is 10.5. The van der Waals surface area contributed by atoms with Gasteiger partial charge in [-0.15, -0.1) is 0 Å². The third kappa shape index (κ3) is 5.04. The molecule has 2 unspecified atom stereocenters. The molecule has 154 valence electrons. The van der Waals surface area contributed by atoms with E-state index in [1.54, 1.807) is 0 Å². The minimum absolute atomic E-state index is 0.0112. The van der Waals surface area contributed by atoms with Gasteiger partial charge in [-0.1, -0.05) is 24.3 Å². The summed E-state index contributed by atoms with van der Waals surface area (Å²) >= 11 is 0. The van der Waals surface area contributed by atoms with Gasteiger partial charge in [0, 0.05) is 31.1 Å². The fourth-order valence-corrected chi connectivity index (χ4v) is 4.76. The van der Waals surface area contributed by atoms with Crippen LogP contribution in [0.5, 0.6) is 0 Å². The number of hydrogen-bond acceptors (Lipinski definition) is 3. The number of nitrogens with zero attached hydrogens (tertiary/aromatic N) is 2. The minimum Gasteiger partial charge on any atom is -0.480 e. The maximum Gasteiger partial charge on any atom is 0.317 e. The van der Waals surface area contributed by atoms with Crippen LogP contribution >= 0.6 is 0 Å². The van der Waals surface area contributed by atoms with Gasteiger partial charge in [0.15, 0.2) is 0 Å². The van der Waals surface area contributed by atoms with Crippen molar-refractivity contribution in [1.29, 1.82) is 0 Å². The summed E-state index contributed by atoms with van der Waals surface area (Å²) in [5.41, 5.74) is 2.80. The van der Waals surface area contributed by atoms with Crippen molar-refractivity contribution in [3.63, 3.8) is 0 Å². The van der Waals surface area contributed by atoms with E-state index in [0.29, 0.717) is 12.5 Å². The number of nitrogens with one attached hydrogen (secondary N) is 1. The van der Waals surface area contributed by atoms with Crippen molar-refractivity contribution in [2.45, 2.75) is 63.5 Å². The summed E-state index contributed by atoms with van der Waals surface area (Å²) in [4.78, 5) is 27.6. The molecule has 3 atom stereocenters. The number of carboxylic acid groups (broad SMARTS) is 1. The molecule has 0 saturated carbocycles. The van der Waals surface area contributed by atoms with Crippen LogP contribution in [0, 0.1) is 0 Å². The molecule has 3 rings (SSSR count). The number of urea groups is 1. The Hall–Kier alpha value is -2.08. The molecule has 6 nitrogen and oxygen atoms in total. The van der Waals surface area contributed by atoms with Crippen molar-refractivity contribution in [2.75, 3.05) is 26.7 Å². The molecular weight excluding hydrogens is 354 g/mol. The molecular formula is C22H33N3O3. The molecule has 28 heavy (non-hydrogen) atoms. The van der Waals surface area contributed by atoms with E-state index in [-0.39, 0.29) is 24.7 Å². The van der Waals surface area contributed by atoms with Crippen molar-refractivity contribution >= 4 is 12.0 Å². The van der Waals surface area contributed by atoms with Crippen LogP contribution in [0.15, 0.2) is 24.3 Å². The number of likely N-dealkylation sites (N-methyl/N-ethyl adjacent to an activating group) is 1. The summed E-state index contributed by atoms with van der Waals surface area (Å²) in [5, 5.41) is 12.2. The number of aliphatic carboxylic acids is 1. The van der Waals surface area contributed by atoms with Crippen LogP contribution in [-0.4, -0.2) is 65.7 Å². The Labute approximate surface area is 167 Å². The molecule has 1 aromatic carbocycles. The van der Waals surface area contributed by atoms with Crippen molar-refractivity contribution in [3.05, 3.63) is 35.4 Å². The molecule has 2 amide bonds. The number of carbonyl (C=O) groups is 2. The Morgan fingerprint density at radius 2 is 2.00 bits per heavy atom. The number of likely N-dealkylation sites (tertiary alicyclic amines) is 1. The normalized spacial score (nSPS) is 23.6. The number of hydrogen-bond donors (Lipinski definition) is 2. The van der Waals surface area contributed by atoms with E-state index >= 15 is 0 Å². The van der Waals surface area contributed by atoms with Crippen molar-refractivity contribution in [2.24, 2.45) is 0 Å². The van der Waals surface area contributed by atoms with Crippen LogP contribution in [0.4, 0.5) is 4.79 Å². The zero-order chi connectivity index (χ0) is 20.1. The zero-order valence-corrected chi connectivity index (χ0v) is 17.1. The molecule has 0 radical (unpaired) electrons. The number of rotatable bonds is 5. The number of carboxylic acids is 1. The quantitative estimate of drug-likeness (QED) is 0.814. The molecule has 1 aromatic rings. The Morgan fingerprint density at radius 3 is 2.79 bits per heavy atom. The topological polar surface area (TPSA) is 72.9 Å². The first-order valence-electron chi connectivity index (χ1n) is 10.5. The first-order chi connectivity index (χ1) is 13.5. The fraction of sp³-hybridized carbons (Fsp3) is 0.636. The van der Waals surface area contributed by atoms with E-state index in [1.165, 1.54) is 17.5 Å². The van der Waals surface area contributed by atoms with Crippen molar-refractivity contribution in [3.8, 4) is 0 Å². The van der Waals surface area contributed by atoms with E-state index in [4.69, 9.17) is 5.11 Å². The number of benzene rings is 1. The SMILES string of the molecule is C[C@@H](NC(=O)N1CCCC(N(C)CC(=O)O)CC1)C1CCCc2ccccc21. The summed E-state index contributed by atoms with van der Waals surface area (Å²) < 4.78 is 0. The van der Waals surface area contributed by atoms with E-state index in [9.17, 15) is 9.59 Å². The van der Waals surface area contributed by atoms with Crippen LogP contribution in [0.25, 0.3) is 0 Å². The smallest absolute Gasteiger partial charge is 0.317 e. The highest BCUT2D eigenvalue weighted by atomic mass is 16.4. The molecule has 0 spiro atoms. The standard InChI is InChI=1S/C22H33N3O3/c1-16(19-11-5-8-17-7-3-4-10-20(17)19)23-22(28)25-13-6-9-18(12-14-25)24(2)15-21(26)27/h3-4,7,10,16,18-19H,5-6,8-9,11-15H2,1-2H3,(H,23,28)(H,26,27)/t16-,18?,19?/m1/s1. The van der Waals surface area contributed by atoms with Gasteiger partial charge in [0.1, 0.15) is 0 Å². The van der Waals surface area contributed by atoms with Gasteiger partial charge in [-0.2, -0.15) is 0 Å². The highest BCUT2D eigenvalue weighted by Crippen LogP contribution is 2.33. The van der Waals surface area contributed by atoms with Gasteiger partial charge < -0.3 is 15.3 Å². The van der Waals surface area contributed by atoms with Crippen LogP contribution in [0.1, 0.15) is 56.1 Å². The average molecular weight is 388 g/mol. The van der Waals surface area contributed by atoms with Crippen LogP contribution in [0.3, 0.4) is 0 Å². The van der Waals surface area contributed by atoms with Gasteiger partial charge in [0.2, 0.25) is 0 Å². The Bertz CT molecular complexity index is 693. The maximum absolute atomic E-state index is 12.9. The lowest BCUT2D eigenvalue weighted by Crippen LogP contribution is -2.47. The van der Waals surface area contributed by atoms with Crippen LogP contribution in [0.2, 0.25) is 0 Å². The lowest BCUT2D eigenvalue weighted by atomic mass is 9.79. The molecule has 1 heterocycles. The van der Waals surface area contributed by atoms with Gasteiger partial charge in [-0.25, -0.2) is 4.79 Å². The van der Waals surface area contributed by atoms with Gasteiger partial charge in [0.25, 0.3) is 0 Å². The lowest BCUT2D eigenvalue weighted by molar-refractivity contribution is -0.138. The Balaban J connectivity index is 1.56. The molecule has 6 heteroatoms. The molecule has 1 fully saturated rings. The van der Waals surface area contributed by atoms with Crippen LogP contribution < -0.4 is 5.32 Å². The van der Waals surface area contributed by atoms with E-state index in [0.717, 1.165) is 38.6 Å². The summed E-state index contributed by atoms with van der Waals surface area (Å²) in [6.45, 7) is 3.58. The second-order valence-electron chi connectivity index (χ2n) is 8.32. The van der Waals surface area contributed by atoms with E-state index in [2.05, 4.69) is 36.5 Å². The third-order valence-electron chi connectivity index (χ3n) is 6.36. The van der Waals surface area contributed by atoms with Gasteiger partial charge >= 0.3 is 12.0 Å². The van der Waals surface area contributed by atoms with E-state index < -0.39 is 5.97 Å². The molecule has 1 saturated heterocycles. The molecule has 2 N–H and O–H groups in total. The van der Waals surface area contributed by atoms with Gasteiger partial charge in [-0.05, 0) is 63.6 Å². The fourth-order valence-electron chi connectivity index (χ4n) is 4.76. The van der Waals surface area contributed by atoms with Gasteiger partial charge in [0.05, 0.1) is 6.54 Å². The largest absolute Gasteiger partial charge is 0.480 e. The molecule has 0 aromatic heterocycles. The monoisotopic (exact) mass is 387 g/mol. The zero-order valence-electron chi connectivity index (χ0n) is 17.1. The Kier molecular flexibility index (Phi) is 6.94. The molecule has 2 aliphatic rings. The maximum atomic E-state index is 12.9. The Morgan fingerprint density at radius 1 is 1.21 bits per heavy atom. The number of carbonyl (C=O) groups excluding carboxylic acids is 1. The predicted octanol–water partition coefficient (Wildman–Crippen LogP) is 3.08. The average Bonchev–Trinajstić information content (AvgIpc) is 2.93. The number of fused-ring (bicyclic) bond motifs is 1. The minimum atomic E-state index is -0.803. The summed E-state index contributed by atoms with van der Waals surface area (Å²) in [5.74, 6) is -0.432. The second kappa shape index (κ2) is 9.41. The number of amides is 2. The highest BCUT2D eigenvalue weighted by Gasteiger charge is 2.29. The second-order valence-corrected chi connectivity index (χ2v) is 8.32. The predicted molar refractivity (Wildman–Crippen MR) is 110 cm³/mol. The third-order valence-corrected chi connectivity index (χ3v) is 6.36. The molecule has 1 aliphatic heterocycles. The van der Waals surface area contributed by atoms with Gasteiger partial charge in [-0.3, -0.25) is 9.69 Å². The lowest BCUT2D eigenvalue weighted by Gasteiger charge is -2.32. The summed E-state index contributed by atoms with van der Waals surface area (Å²) in [7, 11) is 1.86. The number of aryl methyl sites for hydroxylation is 1. The highest BCUT2D eigenvalue weighted by molar-refractivity contribution is 5.74. The van der Waals surface area contributed by atoms with Crippen molar-refractivity contribution < 1.29 is 14.7 Å². The molecule has 1 aliphatic carbocycles. The first kappa shape index (κ1) is 20.6. The molecule has 0 bridgehead atoms.